The van der Waals surface area contributed by atoms with Crippen molar-refractivity contribution in [3.05, 3.63) is 0 Å². The first-order chi connectivity index (χ1) is 10.0. The van der Waals surface area contributed by atoms with E-state index in [0.29, 0.717) is 32.8 Å². The third-order valence-electron chi connectivity index (χ3n) is 3.72. The lowest BCUT2D eigenvalue weighted by molar-refractivity contribution is -0.156. The fraction of sp³-hybridized carbons (Fsp3) is 0.938. The van der Waals surface area contributed by atoms with E-state index < -0.39 is 5.54 Å². The zero-order valence-corrected chi connectivity index (χ0v) is 13.9. The second kappa shape index (κ2) is 9.38. The number of hydrogen-bond donors (Lipinski definition) is 1. The Bertz CT molecular complexity index is 309. The molecule has 0 radical (unpaired) electrons. The van der Waals surface area contributed by atoms with Crippen LogP contribution in [0.3, 0.4) is 0 Å². The predicted octanol–water partition coefficient (Wildman–Crippen LogP) is 2.28. The van der Waals surface area contributed by atoms with E-state index in [4.69, 9.17) is 14.2 Å². The van der Waals surface area contributed by atoms with Gasteiger partial charge in [-0.2, -0.15) is 0 Å². The van der Waals surface area contributed by atoms with Crippen molar-refractivity contribution in [2.24, 2.45) is 0 Å². The average Bonchev–Trinajstić information content (AvgIpc) is 2.43. The fourth-order valence-corrected chi connectivity index (χ4v) is 2.98. The van der Waals surface area contributed by atoms with E-state index in [1.54, 1.807) is 0 Å². The Morgan fingerprint density at radius 2 is 2.05 bits per heavy atom. The Kier molecular flexibility index (Phi) is 8.22. The molecule has 5 nitrogen and oxygen atoms in total. The third kappa shape index (κ3) is 5.93. The fourth-order valence-electron chi connectivity index (χ4n) is 2.98. The minimum Gasteiger partial charge on any atom is -0.465 e. The lowest BCUT2D eigenvalue weighted by Crippen LogP contribution is -2.59. The maximum Gasteiger partial charge on any atom is 0.326 e. The summed E-state index contributed by atoms with van der Waals surface area (Å²) < 4.78 is 16.5. The van der Waals surface area contributed by atoms with Gasteiger partial charge < -0.3 is 14.2 Å². The van der Waals surface area contributed by atoms with Crippen LogP contribution in [0.1, 0.15) is 53.4 Å². The molecule has 0 aliphatic heterocycles. The summed E-state index contributed by atoms with van der Waals surface area (Å²) in [6.07, 6.45) is 3.55. The van der Waals surface area contributed by atoms with Crippen molar-refractivity contribution in [1.82, 2.24) is 5.32 Å². The number of nitrogens with one attached hydrogen (secondary N) is 1. The van der Waals surface area contributed by atoms with Crippen LogP contribution >= 0.6 is 0 Å². The normalized spacial score (nSPS) is 26.0. The van der Waals surface area contributed by atoms with Crippen molar-refractivity contribution < 1.29 is 19.0 Å². The van der Waals surface area contributed by atoms with Crippen LogP contribution < -0.4 is 5.32 Å². The van der Waals surface area contributed by atoms with Crippen molar-refractivity contribution in [2.45, 2.75) is 71.1 Å². The summed E-state index contributed by atoms with van der Waals surface area (Å²) in [5, 5.41) is 3.43. The van der Waals surface area contributed by atoms with Crippen molar-refractivity contribution >= 4 is 5.97 Å². The second-order valence-electron chi connectivity index (χ2n) is 5.89. The highest BCUT2D eigenvalue weighted by Crippen LogP contribution is 2.32. The van der Waals surface area contributed by atoms with E-state index in [-0.39, 0.29) is 18.1 Å². The Hall–Kier alpha value is -0.650. The summed E-state index contributed by atoms with van der Waals surface area (Å²) in [5.41, 5.74) is -0.599. The van der Waals surface area contributed by atoms with Gasteiger partial charge in [0.2, 0.25) is 0 Å². The molecule has 0 aromatic heterocycles. The molecule has 124 valence electrons. The Labute approximate surface area is 128 Å². The Balaban J connectivity index is 2.62. The van der Waals surface area contributed by atoms with Gasteiger partial charge in [0.05, 0.1) is 25.9 Å². The molecule has 1 aliphatic carbocycles. The van der Waals surface area contributed by atoms with Gasteiger partial charge in [-0.15, -0.1) is 0 Å². The molecule has 0 aromatic rings. The molecule has 1 fully saturated rings. The average molecular weight is 301 g/mol. The van der Waals surface area contributed by atoms with Crippen molar-refractivity contribution in [1.29, 1.82) is 0 Å². The molecule has 0 amide bonds. The first kappa shape index (κ1) is 18.4. The molecule has 0 bridgehead atoms. The summed E-state index contributed by atoms with van der Waals surface area (Å²) in [4.78, 5) is 12.4. The van der Waals surface area contributed by atoms with Gasteiger partial charge in [-0.3, -0.25) is 10.1 Å². The number of rotatable bonds is 9. The van der Waals surface area contributed by atoms with E-state index in [0.717, 1.165) is 19.3 Å². The SMILES string of the molecule is CCOCCOC1CCCC(NC(C)C)(C(=O)OCC)C1. The van der Waals surface area contributed by atoms with Crippen molar-refractivity contribution in [3.63, 3.8) is 0 Å². The van der Waals surface area contributed by atoms with E-state index in [1.165, 1.54) is 0 Å². The second-order valence-corrected chi connectivity index (χ2v) is 5.89. The van der Waals surface area contributed by atoms with Gasteiger partial charge in [0.25, 0.3) is 0 Å². The van der Waals surface area contributed by atoms with Crippen LogP contribution in [-0.4, -0.2) is 50.1 Å². The minimum absolute atomic E-state index is 0.0925. The van der Waals surface area contributed by atoms with Crippen LogP contribution in [0.2, 0.25) is 0 Å². The van der Waals surface area contributed by atoms with Crippen LogP contribution in [0.15, 0.2) is 0 Å². The molecule has 2 unspecified atom stereocenters. The third-order valence-corrected chi connectivity index (χ3v) is 3.72. The zero-order chi connectivity index (χ0) is 15.7. The minimum atomic E-state index is -0.599. The van der Waals surface area contributed by atoms with Gasteiger partial charge >= 0.3 is 5.97 Å². The first-order valence-corrected chi connectivity index (χ1v) is 8.18. The smallest absolute Gasteiger partial charge is 0.326 e. The molecule has 0 saturated heterocycles. The van der Waals surface area contributed by atoms with Gasteiger partial charge in [-0.25, -0.2) is 0 Å². The zero-order valence-electron chi connectivity index (χ0n) is 13.9. The largest absolute Gasteiger partial charge is 0.465 e. The molecule has 0 aromatic carbocycles. The van der Waals surface area contributed by atoms with Crippen LogP contribution in [-0.2, 0) is 19.0 Å². The predicted molar refractivity (Wildman–Crippen MR) is 82.3 cm³/mol. The summed E-state index contributed by atoms with van der Waals surface area (Å²) >= 11 is 0. The maximum absolute atomic E-state index is 12.4. The lowest BCUT2D eigenvalue weighted by atomic mass is 9.79. The lowest BCUT2D eigenvalue weighted by Gasteiger charge is -2.40. The highest BCUT2D eigenvalue weighted by molar-refractivity contribution is 5.81. The molecular weight excluding hydrogens is 270 g/mol. The summed E-state index contributed by atoms with van der Waals surface area (Å²) in [6.45, 7) is 10.2. The monoisotopic (exact) mass is 301 g/mol. The van der Waals surface area contributed by atoms with Crippen LogP contribution in [0.5, 0.6) is 0 Å². The van der Waals surface area contributed by atoms with Crippen molar-refractivity contribution in [3.8, 4) is 0 Å². The number of esters is 1. The number of carbonyl (C=O) groups is 1. The Morgan fingerprint density at radius 3 is 2.67 bits per heavy atom. The van der Waals surface area contributed by atoms with Gasteiger partial charge in [-0.1, -0.05) is 0 Å². The molecule has 21 heavy (non-hydrogen) atoms. The molecule has 1 N–H and O–H groups in total. The van der Waals surface area contributed by atoms with E-state index in [2.05, 4.69) is 19.2 Å². The van der Waals surface area contributed by atoms with Crippen LogP contribution in [0, 0.1) is 0 Å². The molecule has 2 atom stereocenters. The summed E-state index contributed by atoms with van der Waals surface area (Å²) in [6, 6.07) is 0.233. The van der Waals surface area contributed by atoms with Gasteiger partial charge in [0.15, 0.2) is 0 Å². The first-order valence-electron chi connectivity index (χ1n) is 8.18. The van der Waals surface area contributed by atoms with E-state index in [9.17, 15) is 4.79 Å². The molecule has 1 saturated carbocycles. The molecule has 0 spiro atoms. The van der Waals surface area contributed by atoms with Crippen molar-refractivity contribution in [2.75, 3.05) is 26.4 Å². The molecule has 0 heterocycles. The molecule has 1 rings (SSSR count). The topological polar surface area (TPSA) is 56.8 Å². The van der Waals surface area contributed by atoms with Gasteiger partial charge in [0.1, 0.15) is 5.54 Å². The van der Waals surface area contributed by atoms with Gasteiger partial charge in [0, 0.05) is 19.1 Å². The van der Waals surface area contributed by atoms with Crippen LogP contribution in [0.25, 0.3) is 0 Å². The van der Waals surface area contributed by atoms with E-state index >= 15 is 0 Å². The van der Waals surface area contributed by atoms with Gasteiger partial charge in [-0.05, 0) is 47.0 Å². The van der Waals surface area contributed by atoms with Crippen LogP contribution in [0.4, 0.5) is 0 Å². The maximum atomic E-state index is 12.4. The highest BCUT2D eigenvalue weighted by atomic mass is 16.5. The summed E-state index contributed by atoms with van der Waals surface area (Å²) in [5.74, 6) is -0.142. The molecule has 5 heteroatoms. The summed E-state index contributed by atoms with van der Waals surface area (Å²) in [7, 11) is 0. The standard InChI is InChI=1S/C16H31NO4/c1-5-19-10-11-21-14-8-7-9-16(12-14,17-13(3)4)15(18)20-6-2/h13-14,17H,5-12H2,1-4H3. The number of ether oxygens (including phenoxy) is 3. The molecule has 1 aliphatic rings. The number of carbonyl (C=O) groups excluding carboxylic acids is 1. The highest BCUT2D eigenvalue weighted by Gasteiger charge is 2.44. The van der Waals surface area contributed by atoms with E-state index in [1.807, 2.05) is 13.8 Å². The molecular formula is C16H31NO4. The quantitative estimate of drug-likeness (QED) is 0.523. The number of hydrogen-bond acceptors (Lipinski definition) is 5. The Morgan fingerprint density at radius 1 is 1.29 bits per heavy atom.